The van der Waals surface area contributed by atoms with Gasteiger partial charge in [-0.05, 0) is 66.2 Å². The summed E-state index contributed by atoms with van der Waals surface area (Å²) in [7, 11) is 0. The maximum absolute atomic E-state index is 2.37. The second-order valence-corrected chi connectivity index (χ2v) is 7.94. The third kappa shape index (κ3) is 5.10. The van der Waals surface area contributed by atoms with Crippen LogP contribution in [0.4, 0.5) is 0 Å². The molecular weight excluding hydrogens is 312 g/mol. The Kier molecular flexibility index (Phi) is 7.12. The van der Waals surface area contributed by atoms with E-state index in [2.05, 4.69) is 74.5 Å². The van der Waals surface area contributed by atoms with Gasteiger partial charge < -0.3 is 0 Å². The molecule has 0 bridgehead atoms. The molecule has 0 saturated heterocycles. The molecule has 1 aliphatic rings. The zero-order valence-electron chi connectivity index (χ0n) is 16.6. The zero-order chi connectivity index (χ0) is 18.2. The highest BCUT2D eigenvalue weighted by Gasteiger charge is 2.21. The van der Waals surface area contributed by atoms with Gasteiger partial charge in [-0.25, -0.2) is 0 Å². The van der Waals surface area contributed by atoms with Crippen molar-refractivity contribution in [3.05, 3.63) is 65.7 Å². The Hall–Kier alpha value is -1.82. The van der Waals surface area contributed by atoms with Crippen molar-refractivity contribution in [3.8, 4) is 11.1 Å². The summed E-state index contributed by atoms with van der Waals surface area (Å²) in [6, 6.07) is 18.3. The molecule has 1 fully saturated rings. The van der Waals surface area contributed by atoms with Crippen molar-refractivity contribution in [1.82, 2.24) is 0 Å². The van der Waals surface area contributed by atoms with Gasteiger partial charge in [0.2, 0.25) is 0 Å². The second kappa shape index (κ2) is 9.76. The van der Waals surface area contributed by atoms with Crippen molar-refractivity contribution in [3.63, 3.8) is 0 Å². The summed E-state index contributed by atoms with van der Waals surface area (Å²) in [6.45, 7) is 4.53. The Morgan fingerprint density at radius 3 is 1.96 bits per heavy atom. The molecule has 1 aliphatic carbocycles. The first-order chi connectivity index (χ1) is 12.8. The number of rotatable bonds is 7. The Morgan fingerprint density at radius 1 is 0.769 bits per heavy atom. The van der Waals surface area contributed by atoms with Gasteiger partial charge in [-0.2, -0.15) is 0 Å². The molecule has 3 rings (SSSR count). The van der Waals surface area contributed by atoms with Crippen molar-refractivity contribution in [2.75, 3.05) is 0 Å². The largest absolute Gasteiger partial charge is 0.0840 e. The summed E-state index contributed by atoms with van der Waals surface area (Å²) >= 11 is 0. The van der Waals surface area contributed by atoms with Gasteiger partial charge in [0.15, 0.2) is 0 Å². The predicted molar refractivity (Wildman–Crippen MR) is 115 cm³/mol. The van der Waals surface area contributed by atoms with Gasteiger partial charge in [0.1, 0.15) is 0 Å². The fourth-order valence-corrected chi connectivity index (χ4v) is 4.31. The van der Waals surface area contributed by atoms with E-state index in [4.69, 9.17) is 0 Å². The van der Waals surface area contributed by atoms with E-state index in [0.29, 0.717) is 0 Å². The first-order valence-electron chi connectivity index (χ1n) is 10.7. The van der Waals surface area contributed by atoms with Crippen LogP contribution in [0.5, 0.6) is 0 Å². The van der Waals surface area contributed by atoms with Crippen molar-refractivity contribution in [2.24, 2.45) is 5.92 Å². The van der Waals surface area contributed by atoms with Crippen LogP contribution in [0.3, 0.4) is 0 Å². The Morgan fingerprint density at radius 2 is 1.38 bits per heavy atom. The minimum Gasteiger partial charge on any atom is -0.0840 e. The normalized spacial score (nSPS) is 20.5. The zero-order valence-corrected chi connectivity index (χ0v) is 16.6. The van der Waals surface area contributed by atoms with E-state index in [9.17, 15) is 0 Å². The van der Waals surface area contributed by atoms with Crippen molar-refractivity contribution >= 4 is 6.08 Å². The molecule has 138 valence electrons. The molecule has 26 heavy (non-hydrogen) atoms. The van der Waals surface area contributed by atoms with Crippen LogP contribution in [0.15, 0.2) is 54.6 Å². The standard InChI is InChI=1S/C26H34/c1-3-5-6-8-22-11-15-24(16-12-22)26-19-17-25(18-20-26)23-13-9-21(7-4-2)10-14-23/h6,8,11-12,15-21,23H,3-5,7,9-10,13-14H2,1-2H3. The van der Waals surface area contributed by atoms with E-state index in [1.54, 1.807) is 5.56 Å². The van der Waals surface area contributed by atoms with Crippen molar-refractivity contribution in [2.45, 2.75) is 71.1 Å². The van der Waals surface area contributed by atoms with Gasteiger partial charge in [0.05, 0.1) is 0 Å². The molecule has 0 radical (unpaired) electrons. The average Bonchev–Trinajstić information content (AvgIpc) is 2.70. The molecule has 0 amide bonds. The third-order valence-electron chi connectivity index (χ3n) is 5.94. The maximum atomic E-state index is 2.37. The second-order valence-electron chi connectivity index (χ2n) is 7.94. The van der Waals surface area contributed by atoms with Crippen LogP contribution in [0.2, 0.25) is 0 Å². The molecule has 0 unspecified atom stereocenters. The third-order valence-corrected chi connectivity index (χ3v) is 5.94. The summed E-state index contributed by atoms with van der Waals surface area (Å²) in [5.74, 6) is 1.77. The van der Waals surface area contributed by atoms with E-state index < -0.39 is 0 Å². The molecule has 0 heterocycles. The molecule has 0 atom stereocenters. The van der Waals surface area contributed by atoms with Crippen LogP contribution in [0, 0.1) is 5.92 Å². The molecule has 0 nitrogen and oxygen atoms in total. The lowest BCUT2D eigenvalue weighted by Crippen LogP contribution is -2.13. The lowest BCUT2D eigenvalue weighted by molar-refractivity contribution is 0.308. The van der Waals surface area contributed by atoms with E-state index in [0.717, 1.165) is 18.3 Å². The number of hydrogen-bond donors (Lipinski definition) is 0. The molecule has 0 aromatic heterocycles. The molecule has 1 saturated carbocycles. The van der Waals surface area contributed by atoms with Gasteiger partial charge in [-0.15, -0.1) is 0 Å². The highest BCUT2D eigenvalue weighted by atomic mass is 14.3. The van der Waals surface area contributed by atoms with E-state index in [1.165, 1.54) is 61.6 Å². The Balaban J connectivity index is 1.61. The SMILES string of the molecule is CCCC=Cc1ccc(-c2ccc(C3CCC(CCC)CC3)cc2)cc1. The van der Waals surface area contributed by atoms with Crippen LogP contribution in [-0.2, 0) is 0 Å². The lowest BCUT2D eigenvalue weighted by Gasteiger charge is -2.28. The van der Waals surface area contributed by atoms with Crippen LogP contribution in [0.1, 0.15) is 82.3 Å². The van der Waals surface area contributed by atoms with E-state index >= 15 is 0 Å². The van der Waals surface area contributed by atoms with E-state index in [-0.39, 0.29) is 0 Å². The molecular formula is C26H34. The summed E-state index contributed by atoms with van der Waals surface area (Å²) < 4.78 is 0. The highest BCUT2D eigenvalue weighted by molar-refractivity contribution is 5.66. The van der Waals surface area contributed by atoms with Crippen molar-refractivity contribution in [1.29, 1.82) is 0 Å². The smallest absolute Gasteiger partial charge is 0.0162 e. The van der Waals surface area contributed by atoms with Crippen LogP contribution in [0.25, 0.3) is 17.2 Å². The average molecular weight is 347 g/mol. The van der Waals surface area contributed by atoms with Gasteiger partial charge in [-0.1, -0.05) is 93.8 Å². The highest BCUT2D eigenvalue weighted by Crippen LogP contribution is 2.38. The Labute approximate surface area is 160 Å². The van der Waals surface area contributed by atoms with Gasteiger partial charge >= 0.3 is 0 Å². The summed E-state index contributed by atoms with van der Waals surface area (Å²) in [6.07, 6.45) is 15.2. The monoisotopic (exact) mass is 346 g/mol. The fraction of sp³-hybridized carbons (Fsp3) is 0.462. The van der Waals surface area contributed by atoms with Gasteiger partial charge in [0.25, 0.3) is 0 Å². The van der Waals surface area contributed by atoms with Crippen LogP contribution < -0.4 is 0 Å². The molecule has 0 aliphatic heterocycles. The first kappa shape index (κ1) is 19.0. The number of benzene rings is 2. The van der Waals surface area contributed by atoms with Gasteiger partial charge in [0, 0.05) is 0 Å². The quantitative estimate of drug-likeness (QED) is 0.473. The predicted octanol–water partition coefficient (Wildman–Crippen LogP) is 8.24. The molecule has 2 aromatic rings. The molecule has 2 aromatic carbocycles. The summed E-state index contributed by atoms with van der Waals surface area (Å²) in [5, 5.41) is 0. The first-order valence-corrected chi connectivity index (χ1v) is 10.7. The fourth-order valence-electron chi connectivity index (χ4n) is 4.31. The van der Waals surface area contributed by atoms with Crippen LogP contribution in [-0.4, -0.2) is 0 Å². The molecule has 0 heteroatoms. The summed E-state index contributed by atoms with van der Waals surface area (Å²) in [4.78, 5) is 0. The Bertz CT molecular complexity index is 667. The van der Waals surface area contributed by atoms with E-state index in [1.807, 2.05) is 0 Å². The molecule has 0 spiro atoms. The lowest BCUT2D eigenvalue weighted by atomic mass is 9.77. The van der Waals surface area contributed by atoms with Gasteiger partial charge in [-0.3, -0.25) is 0 Å². The minimum absolute atomic E-state index is 0.781. The summed E-state index contributed by atoms with van der Waals surface area (Å²) in [5.41, 5.74) is 5.49. The number of allylic oxidation sites excluding steroid dienone is 1. The minimum atomic E-state index is 0.781. The molecule has 0 N–H and O–H groups in total. The maximum Gasteiger partial charge on any atom is -0.0162 e. The van der Waals surface area contributed by atoms with Crippen LogP contribution >= 0.6 is 0 Å². The number of hydrogen-bond acceptors (Lipinski definition) is 0. The van der Waals surface area contributed by atoms with Crippen molar-refractivity contribution < 1.29 is 0 Å². The number of unbranched alkanes of at least 4 members (excludes halogenated alkanes) is 1. The topological polar surface area (TPSA) is 0 Å².